The van der Waals surface area contributed by atoms with Crippen molar-refractivity contribution in [1.82, 2.24) is 5.32 Å². The van der Waals surface area contributed by atoms with Crippen molar-refractivity contribution in [2.45, 2.75) is 5.38 Å². The Balaban J connectivity index is 3.11. The van der Waals surface area contributed by atoms with Crippen molar-refractivity contribution in [2.24, 2.45) is 0 Å². The molecular weight excluding hydrogens is 212 g/mol. The minimum absolute atomic E-state index is 0.423. The van der Waals surface area contributed by atoms with Crippen LogP contribution in [0.2, 0.25) is 0 Å². The van der Waals surface area contributed by atoms with Crippen molar-refractivity contribution in [3.8, 4) is 0 Å². The first-order valence-electron chi connectivity index (χ1n) is 3.87. The number of benzene rings is 1. The maximum Gasteiger partial charge on any atom is 0.242 e. The first-order chi connectivity index (χ1) is 6.57. The van der Waals surface area contributed by atoms with Crippen LogP contribution in [-0.2, 0) is 4.79 Å². The number of carbonyl (C=O) groups excluding carboxylic acids is 1. The quantitative estimate of drug-likeness (QED) is 0.758. The maximum absolute atomic E-state index is 13.1. The van der Waals surface area contributed by atoms with E-state index in [1.807, 2.05) is 0 Å². The zero-order valence-electron chi connectivity index (χ0n) is 7.35. The summed E-state index contributed by atoms with van der Waals surface area (Å²) >= 11 is 5.58. The monoisotopic (exact) mass is 219 g/mol. The molecule has 0 aliphatic carbocycles. The average Bonchev–Trinajstić information content (AvgIpc) is 2.16. The van der Waals surface area contributed by atoms with Gasteiger partial charge in [0.1, 0.15) is 17.0 Å². The van der Waals surface area contributed by atoms with E-state index in [1.54, 1.807) is 0 Å². The van der Waals surface area contributed by atoms with Crippen molar-refractivity contribution < 1.29 is 13.6 Å². The lowest BCUT2D eigenvalue weighted by Gasteiger charge is -2.09. The lowest BCUT2D eigenvalue weighted by molar-refractivity contribution is -0.120. The molecule has 0 fully saturated rings. The van der Waals surface area contributed by atoms with Crippen molar-refractivity contribution in [1.29, 1.82) is 0 Å². The van der Waals surface area contributed by atoms with E-state index in [4.69, 9.17) is 11.6 Å². The van der Waals surface area contributed by atoms with E-state index < -0.39 is 28.5 Å². The lowest BCUT2D eigenvalue weighted by Crippen LogP contribution is -2.23. The summed E-state index contributed by atoms with van der Waals surface area (Å²) in [6, 6.07) is 3.31. The summed E-state index contributed by atoms with van der Waals surface area (Å²) in [5.41, 5.74) is -0.423. The summed E-state index contributed by atoms with van der Waals surface area (Å²) in [7, 11) is 1.34. The molecule has 1 rings (SSSR count). The van der Waals surface area contributed by atoms with Crippen LogP contribution in [0, 0.1) is 11.6 Å². The molecule has 0 aliphatic heterocycles. The summed E-state index contributed by atoms with van der Waals surface area (Å²) in [4.78, 5) is 11.0. The SMILES string of the molecule is CNC(=O)C(Cl)c1c(F)cccc1F. The van der Waals surface area contributed by atoms with Crippen LogP contribution in [0.5, 0.6) is 0 Å². The number of halogens is 3. The highest BCUT2D eigenvalue weighted by atomic mass is 35.5. The van der Waals surface area contributed by atoms with Gasteiger partial charge in [-0.1, -0.05) is 6.07 Å². The molecule has 1 N–H and O–H groups in total. The third-order valence-corrected chi connectivity index (χ3v) is 2.15. The number of hydrogen-bond donors (Lipinski definition) is 1. The van der Waals surface area contributed by atoms with Gasteiger partial charge in [-0.2, -0.15) is 0 Å². The molecule has 5 heteroatoms. The van der Waals surface area contributed by atoms with Crippen molar-refractivity contribution in [2.75, 3.05) is 7.05 Å². The molecule has 0 spiro atoms. The van der Waals surface area contributed by atoms with E-state index in [1.165, 1.54) is 13.1 Å². The van der Waals surface area contributed by atoms with Crippen LogP contribution in [0.4, 0.5) is 8.78 Å². The highest BCUT2D eigenvalue weighted by Crippen LogP contribution is 2.25. The minimum Gasteiger partial charge on any atom is -0.358 e. The number of carbonyl (C=O) groups is 1. The highest BCUT2D eigenvalue weighted by Gasteiger charge is 2.23. The van der Waals surface area contributed by atoms with Gasteiger partial charge in [-0.15, -0.1) is 11.6 Å². The zero-order valence-corrected chi connectivity index (χ0v) is 8.11. The largest absolute Gasteiger partial charge is 0.358 e. The highest BCUT2D eigenvalue weighted by molar-refractivity contribution is 6.30. The first-order valence-corrected chi connectivity index (χ1v) is 4.31. The second-order valence-corrected chi connectivity index (χ2v) is 3.05. The first kappa shape index (κ1) is 10.9. The van der Waals surface area contributed by atoms with Crippen LogP contribution in [0.3, 0.4) is 0 Å². The molecule has 1 aromatic carbocycles. The third-order valence-electron chi connectivity index (χ3n) is 1.73. The van der Waals surface area contributed by atoms with E-state index in [0.29, 0.717) is 0 Å². The number of rotatable bonds is 2. The van der Waals surface area contributed by atoms with Crippen LogP contribution < -0.4 is 5.32 Å². The summed E-state index contributed by atoms with van der Waals surface area (Å²) in [5, 5.41) is 0.867. The Hall–Kier alpha value is -1.16. The van der Waals surface area contributed by atoms with Gasteiger partial charge in [0.05, 0.1) is 5.56 Å². The van der Waals surface area contributed by atoms with Gasteiger partial charge in [-0.25, -0.2) is 8.78 Å². The third kappa shape index (κ3) is 2.01. The summed E-state index contributed by atoms with van der Waals surface area (Å²) < 4.78 is 26.2. The fourth-order valence-corrected chi connectivity index (χ4v) is 1.33. The minimum atomic E-state index is -1.35. The smallest absolute Gasteiger partial charge is 0.242 e. The molecule has 2 nitrogen and oxygen atoms in total. The van der Waals surface area contributed by atoms with E-state index in [2.05, 4.69) is 5.32 Å². The van der Waals surface area contributed by atoms with Gasteiger partial charge in [-0.3, -0.25) is 4.79 Å². The topological polar surface area (TPSA) is 29.1 Å². The molecule has 1 atom stereocenters. The van der Waals surface area contributed by atoms with E-state index >= 15 is 0 Å². The number of hydrogen-bond acceptors (Lipinski definition) is 1. The van der Waals surface area contributed by atoms with Crippen LogP contribution in [0.15, 0.2) is 18.2 Å². The Morgan fingerprint density at radius 1 is 1.43 bits per heavy atom. The zero-order chi connectivity index (χ0) is 10.7. The van der Waals surface area contributed by atoms with E-state index in [9.17, 15) is 13.6 Å². The van der Waals surface area contributed by atoms with Crippen LogP contribution >= 0.6 is 11.6 Å². The second kappa shape index (κ2) is 4.37. The molecule has 14 heavy (non-hydrogen) atoms. The Bertz CT molecular complexity index is 336. The molecule has 0 radical (unpaired) electrons. The van der Waals surface area contributed by atoms with Gasteiger partial charge in [0.2, 0.25) is 5.91 Å². The number of nitrogens with one attached hydrogen (secondary N) is 1. The predicted molar refractivity (Wildman–Crippen MR) is 49.0 cm³/mol. The van der Waals surface area contributed by atoms with Crippen LogP contribution in [-0.4, -0.2) is 13.0 Å². The van der Waals surface area contributed by atoms with Gasteiger partial charge >= 0.3 is 0 Å². The maximum atomic E-state index is 13.1. The fraction of sp³-hybridized carbons (Fsp3) is 0.222. The Kier molecular flexibility index (Phi) is 3.41. The van der Waals surface area contributed by atoms with Crippen LogP contribution in [0.25, 0.3) is 0 Å². The summed E-state index contributed by atoms with van der Waals surface area (Å²) in [6.07, 6.45) is 0. The molecule has 0 saturated heterocycles. The van der Waals surface area contributed by atoms with E-state index in [-0.39, 0.29) is 0 Å². The van der Waals surface area contributed by atoms with Crippen molar-refractivity contribution >= 4 is 17.5 Å². The predicted octanol–water partition coefficient (Wildman–Crippen LogP) is 1.99. The molecular formula is C9H8ClF2NO. The molecule has 76 valence electrons. The second-order valence-electron chi connectivity index (χ2n) is 2.61. The van der Waals surface area contributed by atoms with Gasteiger partial charge in [0, 0.05) is 7.05 Å². The number of likely N-dealkylation sites (N-methyl/N-ethyl adjacent to an activating group) is 1. The van der Waals surface area contributed by atoms with E-state index in [0.717, 1.165) is 12.1 Å². The normalized spacial score (nSPS) is 12.3. The van der Waals surface area contributed by atoms with Crippen LogP contribution in [0.1, 0.15) is 10.9 Å². The van der Waals surface area contributed by atoms with Gasteiger partial charge in [0.15, 0.2) is 0 Å². The number of alkyl halides is 1. The molecule has 1 unspecified atom stereocenters. The van der Waals surface area contributed by atoms with Crippen molar-refractivity contribution in [3.63, 3.8) is 0 Å². The van der Waals surface area contributed by atoms with Gasteiger partial charge in [0.25, 0.3) is 0 Å². The van der Waals surface area contributed by atoms with Gasteiger partial charge in [-0.05, 0) is 12.1 Å². The average molecular weight is 220 g/mol. The molecule has 0 aliphatic rings. The summed E-state index contributed by atoms with van der Waals surface area (Å²) in [6.45, 7) is 0. The number of amides is 1. The lowest BCUT2D eigenvalue weighted by atomic mass is 10.1. The standard InChI is InChI=1S/C9H8ClF2NO/c1-13-9(14)8(10)7-5(11)3-2-4-6(7)12/h2-4,8H,1H3,(H,13,14). The molecule has 0 saturated carbocycles. The molecule has 1 aromatic rings. The summed E-state index contributed by atoms with van der Waals surface area (Å²) in [5.74, 6) is -2.29. The molecule has 1 amide bonds. The Morgan fingerprint density at radius 2 is 1.93 bits per heavy atom. The fourth-order valence-electron chi connectivity index (χ4n) is 1.01. The Morgan fingerprint density at radius 3 is 2.36 bits per heavy atom. The molecule has 0 aromatic heterocycles. The molecule has 0 heterocycles. The van der Waals surface area contributed by atoms with Crippen molar-refractivity contribution in [3.05, 3.63) is 35.4 Å². The molecule has 0 bridgehead atoms. The Labute approximate surface area is 84.9 Å². The van der Waals surface area contributed by atoms with Gasteiger partial charge < -0.3 is 5.32 Å².